The summed E-state index contributed by atoms with van der Waals surface area (Å²) in [5, 5.41) is 5.12. The predicted molar refractivity (Wildman–Crippen MR) is 121 cm³/mol. The van der Waals surface area contributed by atoms with Crippen LogP contribution in [0.25, 0.3) is 0 Å². The van der Waals surface area contributed by atoms with E-state index in [9.17, 15) is 31.9 Å². The molecule has 2 fully saturated rings. The molecule has 0 spiro atoms. The summed E-state index contributed by atoms with van der Waals surface area (Å²) in [6, 6.07) is 4.86. The molecule has 4 rings (SSSR count). The third-order valence-electron chi connectivity index (χ3n) is 6.77. The van der Waals surface area contributed by atoms with Gasteiger partial charge in [-0.15, -0.1) is 0 Å². The standard InChI is InChI=1S/C25H26F4N4O3/c1-14-3-4-15(2)33(14)22(35)19-6-5-16(9-20(19)26)11-31-23(36)24(7-8-24)32-21(34)17-10-18(13-30-12-17)25(27,28)29/h5-6,9-10,12-15H,3-4,7-8,11H2,1-2H3,(H,31,36)(H,32,34). The maximum Gasteiger partial charge on any atom is 0.417 e. The second kappa shape index (κ2) is 9.51. The number of alkyl halides is 3. The summed E-state index contributed by atoms with van der Waals surface area (Å²) in [6.07, 6.45) is -0.703. The fourth-order valence-corrected chi connectivity index (χ4v) is 4.47. The van der Waals surface area contributed by atoms with Crippen LogP contribution >= 0.6 is 0 Å². The van der Waals surface area contributed by atoms with Crippen LogP contribution < -0.4 is 10.6 Å². The Kier molecular flexibility index (Phi) is 6.76. The minimum atomic E-state index is -4.65. The Morgan fingerprint density at radius 1 is 1.08 bits per heavy atom. The number of aromatic nitrogens is 1. The molecule has 36 heavy (non-hydrogen) atoms. The molecule has 1 aromatic heterocycles. The fraction of sp³-hybridized carbons (Fsp3) is 0.440. The number of halogens is 4. The van der Waals surface area contributed by atoms with Gasteiger partial charge in [-0.3, -0.25) is 19.4 Å². The van der Waals surface area contributed by atoms with E-state index in [4.69, 9.17) is 0 Å². The van der Waals surface area contributed by atoms with Crippen LogP contribution in [0, 0.1) is 5.82 Å². The molecule has 1 aliphatic heterocycles. The number of hydrogen-bond acceptors (Lipinski definition) is 4. The first-order valence-corrected chi connectivity index (χ1v) is 11.7. The molecule has 11 heteroatoms. The normalized spacial score (nSPS) is 20.7. The van der Waals surface area contributed by atoms with E-state index >= 15 is 0 Å². The molecule has 2 unspecified atom stereocenters. The smallest absolute Gasteiger partial charge is 0.350 e. The lowest BCUT2D eigenvalue weighted by Gasteiger charge is -2.26. The van der Waals surface area contributed by atoms with Gasteiger partial charge >= 0.3 is 6.18 Å². The molecule has 1 aromatic carbocycles. The topological polar surface area (TPSA) is 91.4 Å². The maximum absolute atomic E-state index is 14.8. The molecule has 0 radical (unpaired) electrons. The van der Waals surface area contributed by atoms with Gasteiger partial charge in [0.25, 0.3) is 11.8 Å². The van der Waals surface area contributed by atoms with E-state index in [-0.39, 0.29) is 35.7 Å². The number of nitrogens with zero attached hydrogens (tertiary/aromatic N) is 2. The highest BCUT2D eigenvalue weighted by Gasteiger charge is 2.51. The quantitative estimate of drug-likeness (QED) is 0.583. The largest absolute Gasteiger partial charge is 0.417 e. The average molecular weight is 507 g/mol. The van der Waals surface area contributed by atoms with Crippen molar-refractivity contribution in [3.8, 4) is 0 Å². The summed E-state index contributed by atoms with van der Waals surface area (Å²) in [5.74, 6) is -2.44. The average Bonchev–Trinajstić information content (AvgIpc) is 3.53. The molecule has 1 aliphatic carbocycles. The van der Waals surface area contributed by atoms with Crippen molar-refractivity contribution >= 4 is 17.7 Å². The Hall–Kier alpha value is -3.50. The predicted octanol–water partition coefficient (Wildman–Crippen LogP) is 3.83. The number of rotatable bonds is 6. The molecular formula is C25H26F4N4O3. The van der Waals surface area contributed by atoms with Crippen molar-refractivity contribution in [3.63, 3.8) is 0 Å². The third kappa shape index (κ3) is 5.19. The van der Waals surface area contributed by atoms with Crippen LogP contribution in [0.5, 0.6) is 0 Å². The third-order valence-corrected chi connectivity index (χ3v) is 6.77. The van der Waals surface area contributed by atoms with E-state index in [1.807, 2.05) is 13.8 Å². The minimum Gasteiger partial charge on any atom is -0.350 e. The van der Waals surface area contributed by atoms with Gasteiger partial charge in [-0.2, -0.15) is 13.2 Å². The first-order valence-electron chi connectivity index (χ1n) is 11.7. The highest BCUT2D eigenvalue weighted by atomic mass is 19.4. The molecule has 1 saturated heterocycles. The highest BCUT2D eigenvalue weighted by molar-refractivity contribution is 6.00. The minimum absolute atomic E-state index is 0.0301. The van der Waals surface area contributed by atoms with Gasteiger partial charge in [0.05, 0.1) is 16.7 Å². The molecule has 2 heterocycles. The molecule has 2 N–H and O–H groups in total. The zero-order valence-corrected chi connectivity index (χ0v) is 19.8. The summed E-state index contributed by atoms with van der Waals surface area (Å²) in [6.45, 7) is 3.81. The summed E-state index contributed by atoms with van der Waals surface area (Å²) >= 11 is 0. The number of benzene rings is 1. The van der Waals surface area contributed by atoms with Crippen LogP contribution in [0.1, 0.15) is 71.4 Å². The Morgan fingerprint density at radius 2 is 1.75 bits per heavy atom. The van der Waals surface area contributed by atoms with Gasteiger partial charge in [-0.25, -0.2) is 4.39 Å². The maximum atomic E-state index is 14.8. The van der Waals surface area contributed by atoms with Gasteiger partial charge in [-0.05, 0) is 63.3 Å². The molecule has 1 saturated carbocycles. The van der Waals surface area contributed by atoms with Crippen molar-refractivity contribution in [2.24, 2.45) is 0 Å². The number of carbonyl (C=O) groups is 3. The monoisotopic (exact) mass is 506 g/mol. The van der Waals surface area contributed by atoms with Crippen molar-refractivity contribution in [2.45, 2.75) is 69.9 Å². The molecule has 2 atom stereocenters. The first-order chi connectivity index (χ1) is 16.9. The second-order valence-corrected chi connectivity index (χ2v) is 9.48. The Morgan fingerprint density at radius 3 is 2.33 bits per heavy atom. The fourth-order valence-electron chi connectivity index (χ4n) is 4.47. The van der Waals surface area contributed by atoms with Crippen LogP contribution in [-0.4, -0.2) is 45.2 Å². The molecular weight excluding hydrogens is 480 g/mol. The summed E-state index contributed by atoms with van der Waals surface area (Å²) in [7, 11) is 0. The van der Waals surface area contributed by atoms with Crippen LogP contribution in [0.15, 0.2) is 36.7 Å². The molecule has 0 bridgehead atoms. The summed E-state index contributed by atoms with van der Waals surface area (Å²) in [5.41, 5.74) is -2.24. The number of nitrogens with one attached hydrogen (secondary N) is 2. The molecule has 2 aliphatic rings. The van der Waals surface area contributed by atoms with Crippen LogP contribution in [0.3, 0.4) is 0 Å². The lowest BCUT2D eigenvalue weighted by Crippen LogP contribution is -2.48. The zero-order valence-electron chi connectivity index (χ0n) is 19.8. The van der Waals surface area contributed by atoms with E-state index in [0.717, 1.165) is 19.0 Å². The Bertz CT molecular complexity index is 1190. The Balaban J connectivity index is 1.37. The van der Waals surface area contributed by atoms with E-state index in [2.05, 4.69) is 15.6 Å². The number of amides is 3. The van der Waals surface area contributed by atoms with Gasteiger partial charge < -0.3 is 15.5 Å². The van der Waals surface area contributed by atoms with E-state index in [1.165, 1.54) is 12.1 Å². The van der Waals surface area contributed by atoms with E-state index in [1.54, 1.807) is 11.0 Å². The number of pyridine rings is 1. The zero-order chi connectivity index (χ0) is 26.3. The van der Waals surface area contributed by atoms with Crippen molar-refractivity contribution in [3.05, 3.63) is 64.7 Å². The SMILES string of the molecule is CC1CCC(C)N1C(=O)c1ccc(CNC(=O)C2(NC(=O)c3cncc(C(F)(F)F)c3)CC2)cc1F. The van der Waals surface area contributed by atoms with Gasteiger partial charge in [-0.1, -0.05) is 6.07 Å². The van der Waals surface area contributed by atoms with Crippen molar-refractivity contribution < 1.29 is 31.9 Å². The van der Waals surface area contributed by atoms with Crippen LogP contribution in [0.2, 0.25) is 0 Å². The number of hydrogen-bond donors (Lipinski definition) is 2. The number of likely N-dealkylation sites (tertiary alicyclic amines) is 1. The summed E-state index contributed by atoms with van der Waals surface area (Å²) in [4.78, 5) is 43.2. The second-order valence-electron chi connectivity index (χ2n) is 9.48. The molecule has 2 aromatic rings. The lowest BCUT2D eigenvalue weighted by atomic mass is 10.1. The highest BCUT2D eigenvalue weighted by Crippen LogP contribution is 2.36. The van der Waals surface area contributed by atoms with Gasteiger partial charge in [0, 0.05) is 31.0 Å². The summed E-state index contributed by atoms with van der Waals surface area (Å²) < 4.78 is 53.4. The van der Waals surface area contributed by atoms with Crippen molar-refractivity contribution in [2.75, 3.05) is 0 Å². The molecule has 3 amide bonds. The first kappa shape index (κ1) is 25.6. The van der Waals surface area contributed by atoms with Crippen LogP contribution in [0.4, 0.5) is 17.6 Å². The van der Waals surface area contributed by atoms with Crippen molar-refractivity contribution in [1.82, 2.24) is 20.5 Å². The van der Waals surface area contributed by atoms with E-state index in [0.29, 0.717) is 30.7 Å². The molecule has 192 valence electrons. The molecule has 7 nitrogen and oxygen atoms in total. The van der Waals surface area contributed by atoms with Crippen LogP contribution in [-0.2, 0) is 17.5 Å². The van der Waals surface area contributed by atoms with Gasteiger partial charge in [0.1, 0.15) is 11.4 Å². The number of carbonyl (C=O) groups excluding carboxylic acids is 3. The lowest BCUT2D eigenvalue weighted by molar-refractivity contribution is -0.137. The van der Waals surface area contributed by atoms with Gasteiger partial charge in [0.15, 0.2) is 0 Å². The van der Waals surface area contributed by atoms with Crippen molar-refractivity contribution in [1.29, 1.82) is 0 Å². The Labute approximate surface area is 205 Å². The van der Waals surface area contributed by atoms with E-state index < -0.39 is 34.9 Å². The van der Waals surface area contributed by atoms with Gasteiger partial charge in [0.2, 0.25) is 5.91 Å².